The molecule has 0 aliphatic heterocycles. The van der Waals surface area contributed by atoms with Gasteiger partial charge in [-0.2, -0.15) is 0 Å². The highest BCUT2D eigenvalue weighted by Gasteiger charge is 2.26. The highest BCUT2D eigenvalue weighted by Crippen LogP contribution is 2.43. The van der Waals surface area contributed by atoms with Crippen LogP contribution in [0.2, 0.25) is 0 Å². The molecule has 1 unspecified atom stereocenters. The zero-order chi connectivity index (χ0) is 39.8. The van der Waals surface area contributed by atoms with Gasteiger partial charge in [-0.1, -0.05) is 168 Å². The molecule has 0 radical (unpaired) electrons. The maximum absolute atomic E-state index is 12.7. The monoisotopic (exact) mass is 828 g/mol. The summed E-state index contributed by atoms with van der Waals surface area (Å²) < 4.78 is 43.0. The lowest BCUT2D eigenvalue weighted by Crippen LogP contribution is -2.30. The molecule has 0 spiro atoms. The number of hydrogen-bond acceptors (Lipinski definition) is 12. The molecule has 0 aromatic rings. The van der Waals surface area contributed by atoms with E-state index in [-0.39, 0.29) is 58.1 Å². The van der Waals surface area contributed by atoms with Gasteiger partial charge < -0.3 is 41.5 Å². The average Bonchev–Trinajstić information content (AvgIpc) is 3.15. The van der Waals surface area contributed by atoms with Gasteiger partial charge in [-0.15, -0.1) is 0 Å². The molecule has 0 fully saturated rings. The molecule has 0 aliphatic carbocycles. The smallest absolute Gasteiger partial charge is 0.462 e. The topological polar surface area (TPSA) is 226 Å². The molecular weight excluding hydrogens is 741 g/mol. The van der Waals surface area contributed by atoms with Gasteiger partial charge in [0.05, 0.1) is 19.8 Å². The summed E-state index contributed by atoms with van der Waals surface area (Å²) in [7, 11) is -3.09. The largest absolute Gasteiger partial charge is 0.472 e. The van der Waals surface area contributed by atoms with E-state index in [4.69, 9.17) is 28.0 Å². The molecule has 0 heterocycles. The van der Waals surface area contributed by atoms with Crippen LogP contribution in [0.1, 0.15) is 194 Å². The third kappa shape index (κ3) is 43.3. The van der Waals surface area contributed by atoms with Crippen LogP contribution >= 0.6 is 7.82 Å². The van der Waals surface area contributed by atoms with Crippen molar-refractivity contribution in [1.29, 1.82) is 0 Å². The Morgan fingerprint density at radius 3 is 1.38 bits per heavy atom. The number of carbonyl (C=O) groups excluding carboxylic acids is 3. The number of unbranched alkanes of at least 4 members (excludes halogenated alkanes) is 24. The van der Waals surface area contributed by atoms with E-state index in [1.807, 2.05) is 0 Å². The molecule has 8 N–H and O–H groups in total. The van der Waals surface area contributed by atoms with E-state index in [1.165, 1.54) is 123 Å². The summed E-state index contributed by atoms with van der Waals surface area (Å²) in [6, 6.07) is 0. The molecule has 0 bridgehead atoms. The Labute approximate surface area is 341 Å². The molecule has 56 heavy (non-hydrogen) atoms. The van der Waals surface area contributed by atoms with Crippen molar-refractivity contribution in [2.24, 2.45) is 0 Å². The van der Waals surface area contributed by atoms with Crippen LogP contribution in [-0.2, 0) is 42.1 Å². The Morgan fingerprint density at radius 2 is 0.946 bits per heavy atom. The number of phosphoric acid groups is 1. The van der Waals surface area contributed by atoms with Crippen molar-refractivity contribution in [3.63, 3.8) is 0 Å². The number of carbonyl (C=O) groups is 3. The van der Waals surface area contributed by atoms with Crippen molar-refractivity contribution < 1.29 is 51.8 Å². The molecule has 15 heteroatoms. The number of alkyl carbamates (subject to hydrolysis) is 1. The van der Waals surface area contributed by atoms with Crippen LogP contribution < -0.4 is 17.6 Å². The van der Waals surface area contributed by atoms with E-state index in [2.05, 4.69) is 19.2 Å². The Balaban J connectivity index is -0.0000140. The quantitative estimate of drug-likeness (QED) is 0.0195. The third-order valence-corrected chi connectivity index (χ3v) is 10.3. The molecule has 0 aliphatic rings. The van der Waals surface area contributed by atoms with E-state index in [0.717, 1.165) is 38.5 Å². The van der Waals surface area contributed by atoms with E-state index in [9.17, 15) is 23.8 Å². The van der Waals surface area contributed by atoms with Crippen LogP contribution in [0.3, 0.4) is 0 Å². The fourth-order valence-corrected chi connectivity index (χ4v) is 6.74. The summed E-state index contributed by atoms with van der Waals surface area (Å²) in [4.78, 5) is 46.9. The molecule has 1 amide bonds. The molecule has 0 saturated heterocycles. The van der Waals surface area contributed by atoms with Crippen LogP contribution in [0.15, 0.2) is 0 Å². The normalized spacial score (nSPS) is 12.5. The minimum Gasteiger partial charge on any atom is -0.462 e. The zero-order valence-electron chi connectivity index (χ0n) is 36.0. The van der Waals surface area contributed by atoms with Crippen LogP contribution in [0.4, 0.5) is 4.79 Å². The summed E-state index contributed by atoms with van der Waals surface area (Å²) in [5.41, 5.74) is 0. The minimum absolute atomic E-state index is 0. The maximum atomic E-state index is 12.7. The van der Waals surface area contributed by atoms with Crippen molar-refractivity contribution in [2.45, 2.75) is 200 Å². The predicted octanol–water partition coefficient (Wildman–Crippen LogP) is 11.2. The lowest BCUT2D eigenvalue weighted by Gasteiger charge is -2.20. The van der Waals surface area contributed by atoms with Crippen LogP contribution in [0.25, 0.3) is 0 Å². The fraction of sp³-hybridized carbons (Fsp3) is 0.927. The third-order valence-electron chi connectivity index (χ3n) is 9.27. The highest BCUT2D eigenvalue weighted by atomic mass is 31.2. The van der Waals surface area contributed by atoms with Gasteiger partial charge in [-0.25, -0.2) is 9.36 Å². The molecular formula is C41H86N3O11P. The van der Waals surface area contributed by atoms with Gasteiger partial charge in [0.2, 0.25) is 0 Å². The van der Waals surface area contributed by atoms with Crippen molar-refractivity contribution in [3.05, 3.63) is 0 Å². The van der Waals surface area contributed by atoms with Gasteiger partial charge in [-0.05, 0) is 12.8 Å². The number of esters is 2. The van der Waals surface area contributed by atoms with E-state index < -0.39 is 38.6 Å². The Kier molecular flexibility index (Phi) is 46.3. The lowest BCUT2D eigenvalue weighted by atomic mass is 10.0. The Morgan fingerprint density at radius 1 is 0.536 bits per heavy atom. The number of rotatable bonds is 41. The molecule has 336 valence electrons. The number of nitrogens with one attached hydrogen (secondary N) is 1. The van der Waals surface area contributed by atoms with Crippen LogP contribution in [-0.4, -0.2) is 75.7 Å². The van der Waals surface area contributed by atoms with Gasteiger partial charge >= 0.3 is 25.9 Å². The summed E-state index contributed by atoms with van der Waals surface area (Å²) in [5, 5.41) is 2.38. The average molecular weight is 828 g/mol. The molecule has 0 saturated carbocycles. The first-order valence-corrected chi connectivity index (χ1v) is 23.1. The highest BCUT2D eigenvalue weighted by molar-refractivity contribution is 7.47. The van der Waals surface area contributed by atoms with Crippen molar-refractivity contribution in [2.75, 3.05) is 46.7 Å². The minimum atomic E-state index is -4.56. The van der Waals surface area contributed by atoms with Gasteiger partial charge in [0.15, 0.2) is 6.10 Å². The molecule has 2 atom stereocenters. The van der Waals surface area contributed by atoms with E-state index >= 15 is 0 Å². The number of amides is 1. The van der Waals surface area contributed by atoms with Crippen LogP contribution in [0.5, 0.6) is 0 Å². The predicted molar refractivity (Wildman–Crippen MR) is 224 cm³/mol. The van der Waals surface area contributed by atoms with Gasteiger partial charge in [0, 0.05) is 26.5 Å². The second kappa shape index (κ2) is 44.3. The number of ether oxygens (including phenoxy) is 4. The number of hydrogen-bond donors (Lipinski definition) is 4. The van der Waals surface area contributed by atoms with Crippen molar-refractivity contribution in [3.8, 4) is 0 Å². The fourth-order valence-electron chi connectivity index (χ4n) is 5.99. The summed E-state index contributed by atoms with van der Waals surface area (Å²) >= 11 is 0. The van der Waals surface area contributed by atoms with Gasteiger partial charge in [-0.3, -0.25) is 18.6 Å². The molecule has 0 aromatic carbocycles. The van der Waals surface area contributed by atoms with Gasteiger partial charge in [0.1, 0.15) is 13.2 Å². The molecule has 14 nitrogen and oxygen atoms in total. The lowest BCUT2D eigenvalue weighted by molar-refractivity contribution is -0.161. The molecule has 0 rings (SSSR count). The first-order chi connectivity index (χ1) is 26.2. The summed E-state index contributed by atoms with van der Waals surface area (Å²) in [5.74, 6) is -0.897. The van der Waals surface area contributed by atoms with Crippen LogP contribution in [0, 0.1) is 0 Å². The standard InChI is InChI=1S/C41H80NO11P.2H3N/c1-4-6-8-10-12-14-16-18-20-22-24-26-28-30-39(43)50-36-38(37-52-54(46,47)51-33-32-42-41(45)49-35-34-48-3)53-40(44)31-29-27-25-23-21-19-17-15-13-11-9-7-5-2;;/h38H,4-37H2,1-3H3,(H,42,45)(H,46,47);2*1H3/t38-;;/m1../s1. The zero-order valence-corrected chi connectivity index (χ0v) is 36.9. The van der Waals surface area contributed by atoms with E-state index in [0.29, 0.717) is 12.8 Å². The summed E-state index contributed by atoms with van der Waals surface area (Å²) in [6.45, 7) is 3.55. The molecule has 0 aromatic heterocycles. The second-order valence-corrected chi connectivity index (χ2v) is 15.9. The first kappa shape index (κ1) is 58.5. The number of phosphoric ester groups is 1. The maximum Gasteiger partial charge on any atom is 0.472 e. The van der Waals surface area contributed by atoms with Crippen molar-refractivity contribution >= 4 is 25.9 Å². The Bertz CT molecular complexity index is 933. The number of methoxy groups -OCH3 is 1. The Hall–Kier alpha value is -1.80. The first-order valence-electron chi connectivity index (χ1n) is 21.6. The van der Waals surface area contributed by atoms with Crippen molar-refractivity contribution in [1.82, 2.24) is 17.6 Å². The van der Waals surface area contributed by atoms with E-state index in [1.54, 1.807) is 0 Å². The van der Waals surface area contributed by atoms with Gasteiger partial charge in [0.25, 0.3) is 0 Å². The second-order valence-electron chi connectivity index (χ2n) is 14.4. The SMILES string of the molecule is CCCCCCCCCCCCCCCC(=O)OC[C@H](COP(=O)(O)OCCNC(=O)OCCOC)OC(=O)CCCCCCCCCCCCCCC.N.N. The summed E-state index contributed by atoms with van der Waals surface area (Å²) in [6.07, 6.45) is 29.8.